The summed E-state index contributed by atoms with van der Waals surface area (Å²) in [6.07, 6.45) is 0.801. The van der Waals surface area contributed by atoms with Gasteiger partial charge in [0.2, 0.25) is 0 Å². The molecule has 23 heavy (non-hydrogen) atoms. The lowest BCUT2D eigenvalue weighted by Crippen LogP contribution is -2.36. The van der Waals surface area contributed by atoms with Crippen LogP contribution < -0.4 is 0 Å². The fourth-order valence-corrected chi connectivity index (χ4v) is 3.07. The first kappa shape index (κ1) is 17.5. The first-order valence-electron chi connectivity index (χ1n) is 8.25. The average Bonchev–Trinajstić information content (AvgIpc) is 2.97. The van der Waals surface area contributed by atoms with Gasteiger partial charge in [-0.1, -0.05) is 30.3 Å². The van der Waals surface area contributed by atoms with Crippen LogP contribution in [0.2, 0.25) is 0 Å². The molecule has 5 nitrogen and oxygen atoms in total. The molecule has 0 saturated carbocycles. The third-order valence-electron chi connectivity index (χ3n) is 4.11. The van der Waals surface area contributed by atoms with Crippen molar-refractivity contribution in [2.75, 3.05) is 26.3 Å². The summed E-state index contributed by atoms with van der Waals surface area (Å²) >= 11 is 0. The average molecular weight is 319 g/mol. The molecule has 0 aliphatic carbocycles. The highest BCUT2D eigenvalue weighted by Gasteiger charge is 2.40. The normalized spacial score (nSPS) is 18.1. The number of likely N-dealkylation sites (tertiary alicyclic amines) is 1. The van der Waals surface area contributed by atoms with E-state index in [4.69, 9.17) is 9.47 Å². The predicted molar refractivity (Wildman–Crippen MR) is 86.6 cm³/mol. The van der Waals surface area contributed by atoms with Gasteiger partial charge in [-0.2, -0.15) is 0 Å². The molecule has 1 aliphatic rings. The standard InChI is InChI=1S/C18H25NO4/c1-3-22-17(20)16(18(21)23-4-2)15-10-11-19(13-15)12-14-8-6-5-7-9-14/h5-9,15-16H,3-4,10-13H2,1-2H3/t15-/m0/s1. The summed E-state index contributed by atoms with van der Waals surface area (Å²) in [5.74, 6) is -1.78. The maximum Gasteiger partial charge on any atom is 0.320 e. The number of ether oxygens (including phenoxy) is 2. The highest BCUT2D eigenvalue weighted by molar-refractivity contribution is 5.95. The second-order valence-electron chi connectivity index (χ2n) is 5.75. The van der Waals surface area contributed by atoms with Crippen LogP contribution in [-0.4, -0.2) is 43.1 Å². The lowest BCUT2D eigenvalue weighted by atomic mass is 9.91. The Morgan fingerprint density at radius 2 is 1.74 bits per heavy atom. The molecule has 1 heterocycles. The van der Waals surface area contributed by atoms with Crippen LogP contribution >= 0.6 is 0 Å². The highest BCUT2D eigenvalue weighted by Crippen LogP contribution is 2.27. The summed E-state index contributed by atoms with van der Waals surface area (Å²) in [5, 5.41) is 0. The minimum Gasteiger partial charge on any atom is -0.465 e. The third kappa shape index (κ3) is 4.79. The Morgan fingerprint density at radius 1 is 1.13 bits per heavy atom. The molecular formula is C18H25NO4. The molecule has 2 rings (SSSR count). The van der Waals surface area contributed by atoms with Gasteiger partial charge in [0.25, 0.3) is 0 Å². The molecule has 1 aliphatic heterocycles. The van der Waals surface area contributed by atoms with Crippen molar-refractivity contribution in [3.63, 3.8) is 0 Å². The molecule has 1 fully saturated rings. The molecule has 1 atom stereocenters. The van der Waals surface area contributed by atoms with E-state index in [0.29, 0.717) is 6.54 Å². The van der Waals surface area contributed by atoms with Gasteiger partial charge in [0.15, 0.2) is 5.92 Å². The quantitative estimate of drug-likeness (QED) is 0.570. The van der Waals surface area contributed by atoms with Gasteiger partial charge in [-0.3, -0.25) is 14.5 Å². The maximum atomic E-state index is 12.2. The molecule has 0 amide bonds. The molecule has 1 saturated heterocycles. The Balaban J connectivity index is 2.00. The van der Waals surface area contributed by atoms with E-state index in [9.17, 15) is 9.59 Å². The Labute approximate surface area is 137 Å². The summed E-state index contributed by atoms with van der Waals surface area (Å²) in [6, 6.07) is 10.2. The van der Waals surface area contributed by atoms with Crippen molar-refractivity contribution < 1.29 is 19.1 Å². The van der Waals surface area contributed by atoms with E-state index < -0.39 is 17.9 Å². The lowest BCUT2D eigenvalue weighted by molar-refractivity contribution is -0.164. The van der Waals surface area contributed by atoms with E-state index >= 15 is 0 Å². The Kier molecular flexibility index (Phi) is 6.59. The van der Waals surface area contributed by atoms with Crippen LogP contribution in [0.3, 0.4) is 0 Å². The van der Waals surface area contributed by atoms with Crippen LogP contribution in [0.1, 0.15) is 25.8 Å². The van der Waals surface area contributed by atoms with Crippen molar-refractivity contribution >= 4 is 11.9 Å². The Morgan fingerprint density at radius 3 is 2.30 bits per heavy atom. The molecule has 126 valence electrons. The van der Waals surface area contributed by atoms with Crippen molar-refractivity contribution in [3.8, 4) is 0 Å². The number of carbonyl (C=O) groups excluding carboxylic acids is 2. The first-order chi connectivity index (χ1) is 11.2. The number of benzene rings is 1. The van der Waals surface area contributed by atoms with E-state index in [-0.39, 0.29) is 19.1 Å². The first-order valence-corrected chi connectivity index (χ1v) is 8.25. The number of hydrogen-bond acceptors (Lipinski definition) is 5. The van der Waals surface area contributed by atoms with Crippen molar-refractivity contribution in [1.82, 2.24) is 4.90 Å². The molecule has 1 aromatic rings. The van der Waals surface area contributed by atoms with Gasteiger partial charge < -0.3 is 9.47 Å². The SMILES string of the molecule is CCOC(=O)C(C(=O)OCC)[C@H]1CCN(Cc2ccccc2)C1. The summed E-state index contributed by atoms with van der Waals surface area (Å²) in [5.41, 5.74) is 1.23. The van der Waals surface area contributed by atoms with Crippen molar-refractivity contribution in [3.05, 3.63) is 35.9 Å². The van der Waals surface area contributed by atoms with E-state index in [2.05, 4.69) is 17.0 Å². The van der Waals surface area contributed by atoms with Crippen LogP contribution in [0.15, 0.2) is 30.3 Å². The minimum absolute atomic E-state index is 0.0446. The highest BCUT2D eigenvalue weighted by atomic mass is 16.6. The monoisotopic (exact) mass is 319 g/mol. The van der Waals surface area contributed by atoms with E-state index in [1.165, 1.54) is 5.56 Å². The fourth-order valence-electron chi connectivity index (χ4n) is 3.07. The largest absolute Gasteiger partial charge is 0.465 e. The lowest BCUT2D eigenvalue weighted by Gasteiger charge is -2.21. The maximum absolute atomic E-state index is 12.2. The van der Waals surface area contributed by atoms with Gasteiger partial charge in [-0.05, 0) is 38.3 Å². The van der Waals surface area contributed by atoms with Gasteiger partial charge in [0.1, 0.15) is 0 Å². The van der Waals surface area contributed by atoms with Crippen molar-refractivity contribution in [2.45, 2.75) is 26.8 Å². The zero-order chi connectivity index (χ0) is 16.7. The molecule has 0 N–H and O–H groups in total. The zero-order valence-corrected chi connectivity index (χ0v) is 13.9. The second-order valence-corrected chi connectivity index (χ2v) is 5.75. The van der Waals surface area contributed by atoms with E-state index in [1.54, 1.807) is 13.8 Å². The zero-order valence-electron chi connectivity index (χ0n) is 13.9. The minimum atomic E-state index is -0.810. The van der Waals surface area contributed by atoms with Crippen LogP contribution in [0, 0.1) is 11.8 Å². The molecule has 0 radical (unpaired) electrons. The molecule has 5 heteroatoms. The number of carbonyl (C=O) groups is 2. The number of rotatable bonds is 7. The number of nitrogens with zero attached hydrogens (tertiary/aromatic N) is 1. The van der Waals surface area contributed by atoms with Crippen molar-refractivity contribution in [1.29, 1.82) is 0 Å². The topological polar surface area (TPSA) is 55.8 Å². The number of hydrogen-bond donors (Lipinski definition) is 0. The molecule has 0 spiro atoms. The summed E-state index contributed by atoms with van der Waals surface area (Å²) in [7, 11) is 0. The summed E-state index contributed by atoms with van der Waals surface area (Å²) < 4.78 is 10.2. The van der Waals surface area contributed by atoms with Gasteiger partial charge in [0.05, 0.1) is 13.2 Å². The smallest absolute Gasteiger partial charge is 0.320 e. The fraction of sp³-hybridized carbons (Fsp3) is 0.556. The van der Waals surface area contributed by atoms with E-state index in [0.717, 1.165) is 19.5 Å². The Bertz CT molecular complexity index is 499. The van der Waals surface area contributed by atoms with Gasteiger partial charge >= 0.3 is 11.9 Å². The van der Waals surface area contributed by atoms with Gasteiger partial charge in [0, 0.05) is 13.1 Å². The number of esters is 2. The third-order valence-corrected chi connectivity index (χ3v) is 4.11. The molecule has 0 unspecified atom stereocenters. The van der Waals surface area contributed by atoms with E-state index in [1.807, 2.05) is 18.2 Å². The summed E-state index contributed by atoms with van der Waals surface area (Å²) in [6.45, 7) is 6.44. The van der Waals surface area contributed by atoms with Crippen LogP contribution in [0.4, 0.5) is 0 Å². The summed E-state index contributed by atoms with van der Waals surface area (Å²) in [4.78, 5) is 26.6. The van der Waals surface area contributed by atoms with Crippen LogP contribution in [0.5, 0.6) is 0 Å². The molecule has 1 aromatic carbocycles. The van der Waals surface area contributed by atoms with Gasteiger partial charge in [-0.15, -0.1) is 0 Å². The Hall–Kier alpha value is -1.88. The molecule has 0 bridgehead atoms. The van der Waals surface area contributed by atoms with Crippen molar-refractivity contribution in [2.24, 2.45) is 11.8 Å². The predicted octanol–water partition coefficient (Wildman–Crippen LogP) is 2.25. The van der Waals surface area contributed by atoms with Crippen LogP contribution in [-0.2, 0) is 25.6 Å². The van der Waals surface area contributed by atoms with Gasteiger partial charge in [-0.25, -0.2) is 0 Å². The van der Waals surface area contributed by atoms with Crippen LogP contribution in [0.25, 0.3) is 0 Å². The second kappa shape index (κ2) is 8.67. The molecule has 0 aromatic heterocycles. The molecular weight excluding hydrogens is 294 g/mol.